The number of hydrogen-bond acceptors (Lipinski definition) is 3. The first kappa shape index (κ1) is 23.5. The van der Waals surface area contributed by atoms with Gasteiger partial charge in [0.2, 0.25) is 0 Å². The fraction of sp³-hybridized carbons (Fsp3) is 0.455. The summed E-state index contributed by atoms with van der Waals surface area (Å²) in [5.74, 6) is 1.05. The number of nitrogens with zero attached hydrogens (tertiary/aromatic N) is 2. The van der Waals surface area contributed by atoms with Gasteiger partial charge < -0.3 is 5.32 Å². The Balaban J connectivity index is 0.000000665. The zero-order chi connectivity index (χ0) is 20.1. The molecule has 27 heavy (non-hydrogen) atoms. The van der Waals surface area contributed by atoms with E-state index in [0.717, 1.165) is 37.2 Å². The predicted molar refractivity (Wildman–Crippen MR) is 119 cm³/mol. The number of hydrogen-bond donors (Lipinski definition) is 1. The van der Waals surface area contributed by atoms with Crippen LogP contribution in [-0.2, 0) is 6.42 Å². The molecule has 0 saturated carbocycles. The predicted octanol–water partition coefficient (Wildman–Crippen LogP) is 6.90. The Morgan fingerprint density at radius 1 is 1.07 bits per heavy atom. The number of aromatic nitrogens is 1. The Morgan fingerprint density at radius 2 is 1.74 bits per heavy atom. The van der Waals surface area contributed by atoms with Crippen molar-refractivity contribution >= 4 is 29.0 Å². The van der Waals surface area contributed by atoms with Gasteiger partial charge in [0, 0.05) is 25.4 Å². The topological polar surface area (TPSA) is 37.3 Å². The lowest BCUT2D eigenvalue weighted by Gasteiger charge is -2.22. The van der Waals surface area contributed by atoms with E-state index in [2.05, 4.69) is 29.1 Å². The molecule has 2 aromatic rings. The van der Waals surface area contributed by atoms with Crippen LogP contribution in [0.5, 0.6) is 0 Å². The summed E-state index contributed by atoms with van der Waals surface area (Å²) < 4.78 is 0. The van der Waals surface area contributed by atoms with Gasteiger partial charge in [0.05, 0.1) is 21.9 Å². The van der Waals surface area contributed by atoms with Crippen LogP contribution in [0, 0.1) is 0 Å². The molecule has 0 bridgehead atoms. The van der Waals surface area contributed by atoms with E-state index in [0.29, 0.717) is 10.0 Å². The van der Waals surface area contributed by atoms with Crippen LogP contribution in [0.25, 0.3) is 0 Å². The summed E-state index contributed by atoms with van der Waals surface area (Å²) in [5, 5.41) is 4.72. The standard InChI is InChI=1S/C17H17Cl2N3.C3H8.C2H6/c18-14-4-1-3-13(17(14)19)15(22-16-5-2-8-21-16)11-12-6-9-20-10-7-12;1-3-2;1-2/h1,3-4,6-7,9-10,15H,2,5,8,11H2,(H,21,22);3H2,1-2H3;1-2H3. The van der Waals surface area contributed by atoms with E-state index in [4.69, 9.17) is 23.2 Å². The smallest absolute Gasteiger partial charge is 0.0968 e. The van der Waals surface area contributed by atoms with E-state index in [9.17, 15) is 0 Å². The highest BCUT2D eigenvalue weighted by Gasteiger charge is 2.19. The number of aliphatic imine (C=N–C) groups is 1. The molecule has 3 rings (SSSR count). The van der Waals surface area contributed by atoms with Gasteiger partial charge in [0.25, 0.3) is 0 Å². The van der Waals surface area contributed by atoms with Crippen LogP contribution in [0.2, 0.25) is 10.0 Å². The monoisotopic (exact) mass is 407 g/mol. The molecular formula is C22H31Cl2N3. The quantitative estimate of drug-likeness (QED) is 0.598. The lowest BCUT2D eigenvalue weighted by molar-refractivity contribution is 0.638. The summed E-state index contributed by atoms with van der Waals surface area (Å²) in [7, 11) is 0. The second-order valence-corrected chi connectivity index (χ2v) is 6.82. The minimum absolute atomic E-state index is 0.0467. The molecule has 3 nitrogen and oxygen atoms in total. The molecule has 0 aliphatic carbocycles. The Morgan fingerprint density at radius 3 is 2.33 bits per heavy atom. The van der Waals surface area contributed by atoms with Crippen molar-refractivity contribution in [2.75, 3.05) is 6.54 Å². The summed E-state index contributed by atoms with van der Waals surface area (Å²) in [6.45, 7) is 9.15. The number of amidine groups is 1. The maximum atomic E-state index is 6.42. The van der Waals surface area contributed by atoms with Crippen LogP contribution in [0.3, 0.4) is 0 Å². The molecule has 1 aliphatic rings. The van der Waals surface area contributed by atoms with Crippen molar-refractivity contribution in [1.82, 2.24) is 10.3 Å². The SMILES string of the molecule is CC.CCC.Clc1cccc(C(Cc2ccncc2)NC2=NCCC2)c1Cl. The fourth-order valence-corrected chi connectivity index (χ4v) is 3.08. The van der Waals surface area contributed by atoms with Crippen molar-refractivity contribution in [2.24, 2.45) is 4.99 Å². The third-order valence-corrected chi connectivity index (χ3v) is 4.59. The third-order valence-electron chi connectivity index (χ3n) is 3.76. The van der Waals surface area contributed by atoms with Gasteiger partial charge in [-0.25, -0.2) is 0 Å². The highest BCUT2D eigenvalue weighted by atomic mass is 35.5. The average molecular weight is 408 g/mol. The number of nitrogens with one attached hydrogen (secondary N) is 1. The summed E-state index contributed by atoms with van der Waals surface area (Å²) in [4.78, 5) is 8.58. The van der Waals surface area contributed by atoms with Crippen molar-refractivity contribution < 1.29 is 0 Å². The second-order valence-electron chi connectivity index (χ2n) is 6.04. The maximum absolute atomic E-state index is 6.42. The third kappa shape index (κ3) is 7.90. The number of rotatable bonds is 4. The first-order chi connectivity index (χ1) is 13.2. The molecule has 1 unspecified atom stereocenters. The van der Waals surface area contributed by atoms with Crippen molar-refractivity contribution in [1.29, 1.82) is 0 Å². The van der Waals surface area contributed by atoms with E-state index in [1.165, 1.54) is 12.0 Å². The molecule has 0 saturated heterocycles. The molecule has 1 aliphatic heterocycles. The zero-order valence-corrected chi connectivity index (χ0v) is 18.3. The van der Waals surface area contributed by atoms with Crippen LogP contribution >= 0.6 is 23.2 Å². The van der Waals surface area contributed by atoms with Crippen LogP contribution in [0.1, 0.15) is 64.1 Å². The summed E-state index contributed by atoms with van der Waals surface area (Å²) in [6, 6.07) is 9.84. The average Bonchev–Trinajstić information content (AvgIpc) is 3.20. The molecule has 148 valence electrons. The Bertz CT molecular complexity index is 687. The van der Waals surface area contributed by atoms with Crippen molar-refractivity contribution in [3.05, 3.63) is 63.9 Å². The second kappa shape index (κ2) is 13.6. The van der Waals surface area contributed by atoms with E-state index in [1.807, 2.05) is 44.2 Å². The summed E-state index contributed by atoms with van der Waals surface area (Å²) >= 11 is 12.6. The molecule has 0 radical (unpaired) electrons. The normalized spacial score (nSPS) is 13.5. The van der Waals surface area contributed by atoms with E-state index >= 15 is 0 Å². The lowest BCUT2D eigenvalue weighted by Crippen LogP contribution is -2.29. The Hall–Kier alpha value is -1.58. The van der Waals surface area contributed by atoms with Crippen molar-refractivity contribution in [2.45, 2.75) is 59.4 Å². The van der Waals surface area contributed by atoms with E-state index in [1.54, 1.807) is 12.4 Å². The molecule has 1 N–H and O–H groups in total. The Kier molecular flexibility index (Phi) is 11.8. The van der Waals surface area contributed by atoms with Crippen LogP contribution < -0.4 is 5.32 Å². The summed E-state index contributed by atoms with van der Waals surface area (Å²) in [5.41, 5.74) is 2.20. The highest BCUT2D eigenvalue weighted by Crippen LogP contribution is 2.31. The van der Waals surface area contributed by atoms with Crippen LogP contribution in [-0.4, -0.2) is 17.4 Å². The van der Waals surface area contributed by atoms with Crippen LogP contribution in [0.4, 0.5) is 0 Å². The van der Waals surface area contributed by atoms with Gasteiger partial charge >= 0.3 is 0 Å². The van der Waals surface area contributed by atoms with Gasteiger partial charge in [-0.2, -0.15) is 0 Å². The van der Waals surface area contributed by atoms with Gasteiger partial charge in [-0.15, -0.1) is 0 Å². The first-order valence-electron chi connectivity index (χ1n) is 9.78. The maximum Gasteiger partial charge on any atom is 0.0968 e. The zero-order valence-electron chi connectivity index (χ0n) is 16.8. The molecule has 1 atom stereocenters. The molecule has 5 heteroatoms. The van der Waals surface area contributed by atoms with Gasteiger partial charge in [-0.3, -0.25) is 9.98 Å². The highest BCUT2D eigenvalue weighted by molar-refractivity contribution is 6.42. The lowest BCUT2D eigenvalue weighted by atomic mass is 9.99. The van der Waals surface area contributed by atoms with Gasteiger partial charge in [-0.05, 0) is 42.2 Å². The number of pyridine rings is 1. The van der Waals surface area contributed by atoms with Gasteiger partial charge in [-0.1, -0.05) is 69.5 Å². The Labute approximate surface area is 174 Å². The van der Waals surface area contributed by atoms with Crippen molar-refractivity contribution in [3.63, 3.8) is 0 Å². The molecule has 0 fully saturated rings. The minimum Gasteiger partial charge on any atom is -0.367 e. The van der Waals surface area contributed by atoms with Gasteiger partial charge in [0.1, 0.15) is 0 Å². The number of halogens is 2. The van der Waals surface area contributed by atoms with E-state index < -0.39 is 0 Å². The largest absolute Gasteiger partial charge is 0.367 e. The molecule has 0 spiro atoms. The van der Waals surface area contributed by atoms with Crippen LogP contribution in [0.15, 0.2) is 47.7 Å². The molecule has 1 aromatic carbocycles. The van der Waals surface area contributed by atoms with E-state index in [-0.39, 0.29) is 6.04 Å². The molecule has 1 aromatic heterocycles. The fourth-order valence-electron chi connectivity index (χ4n) is 2.64. The summed E-state index contributed by atoms with van der Waals surface area (Å²) in [6.07, 6.45) is 7.76. The minimum atomic E-state index is 0.0467. The number of benzene rings is 1. The first-order valence-corrected chi connectivity index (χ1v) is 10.5. The van der Waals surface area contributed by atoms with Crippen molar-refractivity contribution in [3.8, 4) is 0 Å². The molecular weight excluding hydrogens is 377 g/mol. The van der Waals surface area contributed by atoms with Gasteiger partial charge in [0.15, 0.2) is 0 Å². The molecule has 2 heterocycles. The molecule has 0 amide bonds.